The molecule has 1 fully saturated rings. The van der Waals surface area contributed by atoms with E-state index in [1.165, 1.54) is 18.6 Å². The first-order valence-corrected chi connectivity index (χ1v) is 7.91. The Morgan fingerprint density at radius 2 is 1.94 bits per heavy atom. The largest absolute Gasteiger partial charge is 0.157 e. The molecule has 4 unspecified atom stereocenters. The smallest absolute Gasteiger partial charge is 0.0138 e. The van der Waals surface area contributed by atoms with E-state index in [0.29, 0.717) is 5.92 Å². The van der Waals surface area contributed by atoms with Crippen molar-refractivity contribution in [1.29, 1.82) is 0 Å². The van der Waals surface area contributed by atoms with E-state index in [4.69, 9.17) is 0 Å². The normalized spacial score (nSPS) is 32.8. The summed E-state index contributed by atoms with van der Waals surface area (Å²) in [5, 5.41) is 0.866. The molecule has 0 N–H and O–H groups in total. The van der Waals surface area contributed by atoms with E-state index >= 15 is 0 Å². The summed E-state index contributed by atoms with van der Waals surface area (Å²) in [4.78, 5) is 0. The van der Waals surface area contributed by atoms with Crippen molar-refractivity contribution in [2.24, 2.45) is 23.7 Å². The topological polar surface area (TPSA) is 0 Å². The second-order valence-electron chi connectivity index (χ2n) is 5.72. The minimum absolute atomic E-state index is 0.693. The summed E-state index contributed by atoms with van der Waals surface area (Å²) in [6.07, 6.45) is 7.57. The van der Waals surface area contributed by atoms with Crippen LogP contribution in [-0.4, -0.2) is 11.0 Å². The van der Waals surface area contributed by atoms with Gasteiger partial charge in [0.1, 0.15) is 0 Å². The minimum Gasteiger partial charge on any atom is -0.157 e. The fraction of sp³-hybridized carbons (Fsp3) is 0.867. The van der Waals surface area contributed by atoms with Gasteiger partial charge < -0.3 is 0 Å². The Labute approximate surface area is 106 Å². The zero-order chi connectivity index (χ0) is 12.1. The zero-order valence-electron chi connectivity index (χ0n) is 11.6. The van der Waals surface area contributed by atoms with Crippen molar-refractivity contribution >= 4 is 11.8 Å². The first kappa shape index (κ1) is 14.2. The van der Waals surface area contributed by atoms with Crippen LogP contribution in [0.15, 0.2) is 12.2 Å². The highest BCUT2D eigenvalue weighted by Crippen LogP contribution is 2.42. The summed E-state index contributed by atoms with van der Waals surface area (Å²) in [6.45, 7) is 11.7. The lowest BCUT2D eigenvalue weighted by Gasteiger charge is -2.24. The van der Waals surface area contributed by atoms with Crippen LogP contribution in [0, 0.1) is 23.7 Å². The van der Waals surface area contributed by atoms with Crippen LogP contribution < -0.4 is 0 Å². The van der Waals surface area contributed by atoms with Gasteiger partial charge in [-0.15, -0.1) is 0 Å². The number of allylic oxidation sites excluding steroid dienone is 2. The van der Waals surface area contributed by atoms with Crippen molar-refractivity contribution in [2.45, 2.75) is 52.7 Å². The van der Waals surface area contributed by atoms with E-state index in [-0.39, 0.29) is 0 Å². The van der Waals surface area contributed by atoms with Crippen LogP contribution in [0.1, 0.15) is 47.5 Å². The maximum absolute atomic E-state index is 2.50. The Morgan fingerprint density at radius 1 is 1.25 bits per heavy atom. The van der Waals surface area contributed by atoms with Crippen LogP contribution in [0.2, 0.25) is 0 Å². The van der Waals surface area contributed by atoms with Gasteiger partial charge in [0.2, 0.25) is 0 Å². The zero-order valence-corrected chi connectivity index (χ0v) is 12.4. The SMILES string of the molecule is CCCC(/C=C\C(C)C)C1SCC(C)C1C. The number of hydrogen-bond acceptors (Lipinski definition) is 1. The van der Waals surface area contributed by atoms with Crippen LogP contribution in [-0.2, 0) is 0 Å². The van der Waals surface area contributed by atoms with Gasteiger partial charge in [-0.05, 0) is 35.8 Å². The lowest BCUT2D eigenvalue weighted by atomic mass is 9.85. The molecule has 0 amide bonds. The number of thioether (sulfide) groups is 1. The summed E-state index contributed by atoms with van der Waals surface area (Å²) in [5.74, 6) is 4.65. The Morgan fingerprint density at radius 3 is 2.38 bits per heavy atom. The van der Waals surface area contributed by atoms with Gasteiger partial charge in [-0.3, -0.25) is 0 Å². The van der Waals surface area contributed by atoms with Gasteiger partial charge in [0, 0.05) is 5.25 Å². The Hall–Kier alpha value is 0.0900. The third-order valence-corrected chi connectivity index (χ3v) is 5.64. The molecule has 94 valence electrons. The second kappa shape index (κ2) is 6.74. The standard InChI is InChI=1S/C15H28S/c1-6-7-14(9-8-11(2)3)15-13(5)12(4)10-16-15/h8-9,11-15H,6-7,10H2,1-5H3/b9-8-. The maximum atomic E-state index is 2.50. The van der Waals surface area contributed by atoms with Gasteiger partial charge in [-0.1, -0.05) is 53.2 Å². The summed E-state index contributed by atoms with van der Waals surface area (Å²) in [7, 11) is 0. The van der Waals surface area contributed by atoms with Crippen molar-refractivity contribution in [3.8, 4) is 0 Å². The molecular weight excluding hydrogens is 212 g/mol. The quantitative estimate of drug-likeness (QED) is 0.609. The van der Waals surface area contributed by atoms with Crippen molar-refractivity contribution < 1.29 is 0 Å². The molecule has 0 radical (unpaired) electrons. The predicted octanol–water partition coefficient (Wildman–Crippen LogP) is 5.00. The van der Waals surface area contributed by atoms with Gasteiger partial charge >= 0.3 is 0 Å². The molecule has 1 heterocycles. The number of rotatable bonds is 5. The lowest BCUT2D eigenvalue weighted by Crippen LogP contribution is -2.22. The lowest BCUT2D eigenvalue weighted by molar-refractivity contribution is 0.377. The molecule has 0 saturated carbocycles. The fourth-order valence-electron chi connectivity index (χ4n) is 2.47. The molecular formula is C15H28S. The van der Waals surface area contributed by atoms with Gasteiger partial charge in [-0.25, -0.2) is 0 Å². The Bertz CT molecular complexity index is 219. The molecule has 1 aliphatic rings. The van der Waals surface area contributed by atoms with E-state index in [1.807, 2.05) is 0 Å². The molecule has 1 heteroatoms. The van der Waals surface area contributed by atoms with Crippen LogP contribution in [0.25, 0.3) is 0 Å². The van der Waals surface area contributed by atoms with Gasteiger partial charge in [0.15, 0.2) is 0 Å². The molecule has 0 bridgehead atoms. The highest BCUT2D eigenvalue weighted by molar-refractivity contribution is 8.00. The van der Waals surface area contributed by atoms with Crippen LogP contribution in [0.5, 0.6) is 0 Å². The van der Waals surface area contributed by atoms with Gasteiger partial charge in [0.25, 0.3) is 0 Å². The second-order valence-corrected chi connectivity index (χ2v) is 6.93. The van der Waals surface area contributed by atoms with Crippen molar-refractivity contribution in [3.63, 3.8) is 0 Å². The summed E-state index contributed by atoms with van der Waals surface area (Å²) in [6, 6.07) is 0. The molecule has 4 atom stereocenters. The maximum Gasteiger partial charge on any atom is 0.0138 e. The van der Waals surface area contributed by atoms with E-state index in [0.717, 1.165) is 23.0 Å². The summed E-state index contributed by atoms with van der Waals surface area (Å²) < 4.78 is 0. The molecule has 0 nitrogen and oxygen atoms in total. The molecule has 0 spiro atoms. The van der Waals surface area contributed by atoms with Crippen molar-refractivity contribution in [2.75, 3.05) is 5.75 Å². The molecule has 0 aliphatic carbocycles. The van der Waals surface area contributed by atoms with E-state index in [1.54, 1.807) is 0 Å². The van der Waals surface area contributed by atoms with E-state index in [2.05, 4.69) is 58.5 Å². The Kier molecular flexibility index (Phi) is 5.96. The fourth-order valence-corrected chi connectivity index (χ4v) is 4.35. The van der Waals surface area contributed by atoms with Crippen LogP contribution in [0.3, 0.4) is 0 Å². The molecule has 0 aromatic heterocycles. The highest BCUT2D eigenvalue weighted by Gasteiger charge is 2.34. The minimum atomic E-state index is 0.693. The number of hydrogen-bond donors (Lipinski definition) is 0. The average molecular weight is 240 g/mol. The summed E-state index contributed by atoms with van der Waals surface area (Å²) >= 11 is 2.21. The van der Waals surface area contributed by atoms with Crippen molar-refractivity contribution in [1.82, 2.24) is 0 Å². The third kappa shape index (κ3) is 3.84. The molecule has 1 rings (SSSR count). The highest BCUT2D eigenvalue weighted by atomic mass is 32.2. The van der Waals surface area contributed by atoms with Crippen LogP contribution >= 0.6 is 11.8 Å². The molecule has 0 aromatic rings. The molecule has 0 aromatic carbocycles. The predicted molar refractivity (Wildman–Crippen MR) is 77.0 cm³/mol. The monoisotopic (exact) mass is 240 g/mol. The Balaban J connectivity index is 2.62. The first-order chi connectivity index (χ1) is 7.56. The van der Waals surface area contributed by atoms with E-state index in [9.17, 15) is 0 Å². The van der Waals surface area contributed by atoms with Crippen LogP contribution in [0.4, 0.5) is 0 Å². The first-order valence-electron chi connectivity index (χ1n) is 6.86. The average Bonchev–Trinajstić information content (AvgIpc) is 2.55. The summed E-state index contributed by atoms with van der Waals surface area (Å²) in [5.41, 5.74) is 0. The molecule has 1 saturated heterocycles. The van der Waals surface area contributed by atoms with Crippen molar-refractivity contribution in [3.05, 3.63) is 12.2 Å². The van der Waals surface area contributed by atoms with E-state index < -0.39 is 0 Å². The van der Waals surface area contributed by atoms with Gasteiger partial charge in [0.05, 0.1) is 0 Å². The molecule has 1 aliphatic heterocycles. The molecule has 16 heavy (non-hydrogen) atoms. The third-order valence-electron chi connectivity index (χ3n) is 3.75. The van der Waals surface area contributed by atoms with Gasteiger partial charge in [-0.2, -0.15) is 11.8 Å².